The minimum Gasteiger partial charge on any atom is -0.416 e. The topological polar surface area (TPSA) is 94.4 Å². The van der Waals surface area contributed by atoms with Crippen molar-refractivity contribution in [1.29, 1.82) is 0 Å². The standard InChI is InChI=1S/C18H19F2N3O.C9H12.C3H7NO/c1-11(10-15(21-3)18(2,19)20)16-22-23-17(24-16)14-9-5-7-12-6-4-8-13(12)14;1-3-9-6-4-5-8(2)7-9;1-3(5)2-4/h5,7,9-10H,4,6,8H2,1-3H3;4-7H,3H2,1-2H3;2,4H2,1H3/b11-10+,21-15?;;. The second-order valence-corrected chi connectivity index (χ2v) is 9.28. The molecule has 0 atom stereocenters. The van der Waals surface area contributed by atoms with E-state index in [9.17, 15) is 13.6 Å². The van der Waals surface area contributed by atoms with Crippen molar-refractivity contribution >= 4 is 17.1 Å². The van der Waals surface area contributed by atoms with Crippen molar-refractivity contribution in [2.45, 2.75) is 66.2 Å². The maximum atomic E-state index is 13.4. The van der Waals surface area contributed by atoms with Gasteiger partial charge in [0, 0.05) is 25.1 Å². The van der Waals surface area contributed by atoms with Crippen molar-refractivity contribution in [1.82, 2.24) is 10.2 Å². The summed E-state index contributed by atoms with van der Waals surface area (Å²) in [7, 11) is 1.34. The molecular weight excluding hydrogens is 486 g/mol. The third kappa shape index (κ3) is 9.10. The highest BCUT2D eigenvalue weighted by Gasteiger charge is 2.28. The summed E-state index contributed by atoms with van der Waals surface area (Å²) in [6, 6.07) is 14.7. The van der Waals surface area contributed by atoms with Crippen LogP contribution in [-0.4, -0.2) is 41.2 Å². The lowest BCUT2D eigenvalue weighted by molar-refractivity contribution is -0.115. The van der Waals surface area contributed by atoms with Crippen LogP contribution in [0.25, 0.3) is 17.0 Å². The molecule has 1 heterocycles. The van der Waals surface area contributed by atoms with Crippen LogP contribution in [-0.2, 0) is 24.1 Å². The van der Waals surface area contributed by atoms with Crippen molar-refractivity contribution in [3.05, 3.63) is 76.7 Å². The fourth-order valence-electron chi connectivity index (χ4n) is 3.90. The van der Waals surface area contributed by atoms with E-state index in [1.165, 1.54) is 42.3 Å². The minimum absolute atomic E-state index is 0.0324. The van der Waals surface area contributed by atoms with Gasteiger partial charge in [-0.2, -0.15) is 8.78 Å². The molecule has 3 aromatic rings. The zero-order chi connectivity index (χ0) is 28.3. The molecule has 4 rings (SSSR count). The number of hydrogen-bond acceptors (Lipinski definition) is 6. The molecule has 0 bridgehead atoms. The summed E-state index contributed by atoms with van der Waals surface area (Å²) in [6.45, 7) is 8.39. The number of fused-ring (bicyclic) bond motifs is 1. The lowest BCUT2D eigenvalue weighted by atomic mass is 10.0. The summed E-state index contributed by atoms with van der Waals surface area (Å²) in [6.07, 6.45) is 5.60. The number of aromatic nitrogens is 2. The zero-order valence-electron chi connectivity index (χ0n) is 23.1. The largest absolute Gasteiger partial charge is 0.416 e. The fourth-order valence-corrected chi connectivity index (χ4v) is 3.90. The molecule has 6 nitrogen and oxygen atoms in total. The lowest BCUT2D eigenvalue weighted by Crippen LogP contribution is -2.22. The van der Waals surface area contributed by atoms with Gasteiger partial charge >= 0.3 is 0 Å². The molecule has 0 amide bonds. The number of benzene rings is 2. The summed E-state index contributed by atoms with van der Waals surface area (Å²) in [5, 5.41) is 8.10. The molecule has 0 fully saturated rings. The van der Waals surface area contributed by atoms with Crippen molar-refractivity contribution in [3.63, 3.8) is 0 Å². The fraction of sp³-hybridized carbons (Fsp3) is 0.400. The van der Waals surface area contributed by atoms with Crippen molar-refractivity contribution in [3.8, 4) is 11.5 Å². The van der Waals surface area contributed by atoms with E-state index >= 15 is 0 Å². The Morgan fingerprint density at radius 3 is 2.39 bits per heavy atom. The number of Topliss-reactive ketones (excluding diaryl/α,β-unsaturated/α-hetero) is 1. The van der Waals surface area contributed by atoms with Gasteiger partial charge in [0.1, 0.15) is 11.5 Å². The van der Waals surface area contributed by atoms with Gasteiger partial charge in [0.05, 0.1) is 6.54 Å². The zero-order valence-corrected chi connectivity index (χ0v) is 23.1. The normalized spacial score (nSPS) is 13.2. The SMILES string of the molecule is CC(=O)CN.CCc1cccc(C)c1.CN=C(/C=C(\C)c1nnc(-c2cccc3c2CCC3)o1)C(C)(F)F. The molecule has 2 N–H and O–H groups in total. The Kier molecular flexibility index (Phi) is 11.7. The number of aliphatic imine (C=N–C) groups is 1. The second-order valence-electron chi connectivity index (χ2n) is 9.28. The van der Waals surface area contributed by atoms with Gasteiger partial charge in [0.15, 0.2) is 0 Å². The van der Waals surface area contributed by atoms with Crippen LogP contribution in [0, 0.1) is 6.92 Å². The van der Waals surface area contributed by atoms with Crippen molar-refractivity contribution in [2.75, 3.05) is 13.6 Å². The van der Waals surface area contributed by atoms with E-state index in [-0.39, 0.29) is 23.9 Å². The molecule has 1 aliphatic rings. The van der Waals surface area contributed by atoms with E-state index in [1.807, 2.05) is 12.1 Å². The number of nitrogens with zero attached hydrogens (tertiary/aromatic N) is 3. The van der Waals surface area contributed by atoms with Crippen LogP contribution < -0.4 is 5.73 Å². The third-order valence-electron chi connectivity index (χ3n) is 5.96. The van der Waals surface area contributed by atoms with Gasteiger partial charge in [0.2, 0.25) is 11.8 Å². The number of halogens is 2. The number of aryl methyl sites for hydroxylation is 3. The molecule has 0 saturated carbocycles. The molecule has 38 heavy (non-hydrogen) atoms. The van der Waals surface area contributed by atoms with Gasteiger partial charge in [-0.15, -0.1) is 10.2 Å². The van der Waals surface area contributed by atoms with Crippen LogP contribution >= 0.6 is 0 Å². The monoisotopic (exact) mass is 524 g/mol. The van der Waals surface area contributed by atoms with E-state index in [1.54, 1.807) is 6.92 Å². The molecule has 0 spiro atoms. The van der Waals surface area contributed by atoms with Gasteiger partial charge < -0.3 is 10.2 Å². The number of alkyl halides is 2. The lowest BCUT2D eigenvalue weighted by Gasteiger charge is -2.09. The van der Waals surface area contributed by atoms with Crippen LogP contribution in [0.4, 0.5) is 8.78 Å². The Morgan fingerprint density at radius 1 is 1.16 bits per heavy atom. The highest BCUT2D eigenvalue weighted by Crippen LogP contribution is 2.32. The number of carbonyl (C=O) groups is 1. The highest BCUT2D eigenvalue weighted by molar-refractivity contribution is 6.04. The van der Waals surface area contributed by atoms with E-state index in [0.29, 0.717) is 11.5 Å². The Labute approximate surface area is 224 Å². The summed E-state index contributed by atoms with van der Waals surface area (Å²) in [5.74, 6) is -2.33. The Balaban J connectivity index is 0.000000298. The Morgan fingerprint density at radius 2 is 1.84 bits per heavy atom. The maximum Gasteiger partial charge on any atom is 0.286 e. The maximum absolute atomic E-state index is 13.4. The van der Waals surface area contributed by atoms with Crippen molar-refractivity contribution in [2.24, 2.45) is 10.7 Å². The second kappa shape index (κ2) is 14.4. The molecule has 0 aliphatic heterocycles. The summed E-state index contributed by atoms with van der Waals surface area (Å²) in [5.41, 5.74) is 11.2. The van der Waals surface area contributed by atoms with E-state index in [4.69, 9.17) is 10.2 Å². The van der Waals surface area contributed by atoms with Crippen LogP contribution in [0.5, 0.6) is 0 Å². The number of allylic oxidation sites excluding steroid dienone is 2. The average molecular weight is 525 g/mol. The summed E-state index contributed by atoms with van der Waals surface area (Å²) in [4.78, 5) is 13.3. The van der Waals surface area contributed by atoms with Gasteiger partial charge in [-0.3, -0.25) is 9.79 Å². The molecule has 204 valence electrons. The minimum atomic E-state index is -3.01. The highest BCUT2D eigenvalue weighted by atomic mass is 19.3. The van der Waals surface area contributed by atoms with Crippen LogP contribution in [0.15, 0.2) is 58.0 Å². The first kappa shape index (κ1) is 30.7. The number of nitrogens with two attached hydrogens (primary N) is 1. The molecule has 0 unspecified atom stereocenters. The average Bonchev–Trinajstić information content (AvgIpc) is 3.57. The van der Waals surface area contributed by atoms with Crippen molar-refractivity contribution < 1.29 is 18.0 Å². The third-order valence-corrected chi connectivity index (χ3v) is 5.96. The van der Waals surface area contributed by atoms with Crippen LogP contribution in [0.2, 0.25) is 0 Å². The predicted molar refractivity (Wildman–Crippen MR) is 150 cm³/mol. The smallest absolute Gasteiger partial charge is 0.286 e. The first-order valence-electron chi connectivity index (χ1n) is 12.7. The van der Waals surface area contributed by atoms with Crippen LogP contribution in [0.1, 0.15) is 62.3 Å². The Bertz CT molecular complexity index is 1270. The van der Waals surface area contributed by atoms with Gasteiger partial charge in [-0.25, -0.2) is 0 Å². The van der Waals surface area contributed by atoms with Gasteiger partial charge in [0.25, 0.3) is 5.92 Å². The first-order valence-corrected chi connectivity index (χ1v) is 12.7. The van der Waals surface area contributed by atoms with E-state index in [0.717, 1.165) is 38.2 Å². The van der Waals surface area contributed by atoms with Crippen LogP contribution in [0.3, 0.4) is 0 Å². The van der Waals surface area contributed by atoms with E-state index in [2.05, 4.69) is 59.4 Å². The quantitative estimate of drug-likeness (QED) is 0.374. The molecule has 8 heteroatoms. The molecule has 2 aromatic carbocycles. The summed E-state index contributed by atoms with van der Waals surface area (Å²) >= 11 is 0. The molecule has 0 radical (unpaired) electrons. The van der Waals surface area contributed by atoms with Gasteiger partial charge in [-0.1, -0.05) is 48.9 Å². The molecule has 0 saturated heterocycles. The Hall–Kier alpha value is -3.52. The number of carbonyl (C=O) groups excluding carboxylic acids is 1. The summed E-state index contributed by atoms with van der Waals surface area (Å²) < 4.78 is 32.6. The number of hydrogen-bond donors (Lipinski definition) is 1. The molecule has 1 aliphatic carbocycles. The number of ketones is 1. The molecular formula is C30H38F2N4O2. The van der Waals surface area contributed by atoms with Gasteiger partial charge in [-0.05, 0) is 75.3 Å². The number of rotatable bonds is 6. The first-order chi connectivity index (χ1) is 18.0. The molecule has 1 aromatic heterocycles. The predicted octanol–water partition coefficient (Wildman–Crippen LogP) is 6.45. The van der Waals surface area contributed by atoms with E-state index < -0.39 is 5.92 Å².